The molecule has 3 fully saturated rings. The van der Waals surface area contributed by atoms with Crippen LogP contribution >= 0.6 is 22.6 Å². The summed E-state index contributed by atoms with van der Waals surface area (Å²) in [4.78, 5) is 11.9. The van der Waals surface area contributed by atoms with Crippen LogP contribution in [0.15, 0.2) is 11.1 Å². The highest BCUT2D eigenvalue weighted by Gasteiger charge is 2.49. The third-order valence-corrected chi connectivity index (χ3v) is 4.30. The Morgan fingerprint density at radius 2 is 2.07 bits per heavy atom. The molecule has 0 saturated heterocycles. The molecule has 0 aliphatic heterocycles. The topological polar surface area (TPSA) is 26.3 Å². The van der Waals surface area contributed by atoms with Gasteiger partial charge in [-0.2, -0.15) is 0 Å². The summed E-state index contributed by atoms with van der Waals surface area (Å²) in [6, 6.07) is 0. The molecule has 15 heavy (non-hydrogen) atoms. The Bertz CT molecular complexity index is 332. The van der Waals surface area contributed by atoms with Crippen molar-refractivity contribution in [1.29, 1.82) is 0 Å². The first-order chi connectivity index (χ1) is 7.15. The Morgan fingerprint density at radius 3 is 2.60 bits per heavy atom. The normalized spacial score (nSPS) is 38.7. The molecule has 82 valence electrons. The van der Waals surface area contributed by atoms with Crippen molar-refractivity contribution in [1.82, 2.24) is 0 Å². The number of allylic oxidation sites excluding steroid dienone is 1. The van der Waals surface area contributed by atoms with Gasteiger partial charge in [0.2, 0.25) is 0 Å². The summed E-state index contributed by atoms with van der Waals surface area (Å²) >= 11 is 2.13. The Morgan fingerprint density at radius 1 is 1.40 bits per heavy atom. The Hall–Kier alpha value is -0.0600. The Kier molecular flexibility index (Phi) is 2.34. The largest absolute Gasteiger partial charge is 0.449 e. The van der Waals surface area contributed by atoms with Gasteiger partial charge in [-0.1, -0.05) is 5.57 Å². The molecular weight excluding hydrogens is 303 g/mol. The van der Waals surface area contributed by atoms with Crippen LogP contribution in [0.5, 0.6) is 0 Å². The van der Waals surface area contributed by atoms with E-state index in [9.17, 15) is 4.79 Å². The van der Waals surface area contributed by atoms with E-state index in [1.165, 1.54) is 24.8 Å². The van der Waals surface area contributed by atoms with Gasteiger partial charge in [-0.15, -0.1) is 0 Å². The summed E-state index contributed by atoms with van der Waals surface area (Å²) in [5.74, 6) is 2.23. The Labute approximate surface area is 104 Å². The summed E-state index contributed by atoms with van der Waals surface area (Å²) in [5, 5.41) is 0. The van der Waals surface area contributed by atoms with Gasteiger partial charge >= 0.3 is 5.97 Å². The van der Waals surface area contributed by atoms with Crippen molar-refractivity contribution in [3.05, 3.63) is 11.1 Å². The highest BCUT2D eigenvalue weighted by molar-refractivity contribution is 14.1. The molecule has 3 atom stereocenters. The van der Waals surface area contributed by atoms with Gasteiger partial charge in [0, 0.05) is 5.57 Å². The number of carbonyl (C=O) groups excluding carboxylic acids is 1. The van der Waals surface area contributed by atoms with Gasteiger partial charge in [-0.25, -0.2) is 4.79 Å². The molecule has 2 unspecified atom stereocenters. The molecule has 0 heterocycles. The molecule has 0 aromatic rings. The maximum Gasteiger partial charge on any atom is 0.335 e. The minimum atomic E-state index is -0.0361. The van der Waals surface area contributed by atoms with E-state index in [4.69, 9.17) is 4.74 Å². The lowest BCUT2D eigenvalue weighted by Crippen LogP contribution is -2.43. The lowest BCUT2D eigenvalue weighted by molar-refractivity contribution is -0.140. The van der Waals surface area contributed by atoms with E-state index in [0.717, 1.165) is 29.7 Å². The van der Waals surface area contributed by atoms with E-state index in [2.05, 4.69) is 22.6 Å². The molecule has 5 aliphatic rings. The van der Waals surface area contributed by atoms with Crippen LogP contribution < -0.4 is 0 Å². The zero-order chi connectivity index (χ0) is 10.6. The number of hydrogen-bond acceptors (Lipinski definition) is 2. The number of rotatable bonds is 2. The van der Waals surface area contributed by atoms with Crippen LogP contribution in [0.2, 0.25) is 0 Å². The predicted octanol–water partition coefficient (Wildman–Crippen LogP) is 3.06. The number of carbonyl (C=O) groups is 1. The standard InChI is InChI=1S/C12H15IO2/c1-6(13)15-12(14)10-4-7-2-8-5-9(3-7)11(8)10/h6-9H,2-5H2,1H3/t6-,7?,8?,9?/m0/s1. The molecule has 3 saturated carbocycles. The molecule has 0 spiro atoms. The van der Waals surface area contributed by atoms with Gasteiger partial charge in [0.15, 0.2) is 0 Å². The van der Waals surface area contributed by atoms with Crippen LogP contribution in [0.4, 0.5) is 0 Å². The maximum absolute atomic E-state index is 11.9. The lowest BCUT2D eigenvalue weighted by Gasteiger charge is -2.53. The maximum atomic E-state index is 11.9. The molecule has 5 aliphatic carbocycles. The van der Waals surface area contributed by atoms with Crippen molar-refractivity contribution in [3.63, 3.8) is 0 Å². The van der Waals surface area contributed by atoms with Crippen molar-refractivity contribution < 1.29 is 9.53 Å². The third kappa shape index (κ3) is 1.54. The summed E-state index contributed by atoms with van der Waals surface area (Å²) in [6.07, 6.45) is 5.00. The van der Waals surface area contributed by atoms with Crippen molar-refractivity contribution in [3.8, 4) is 0 Å². The van der Waals surface area contributed by atoms with Crippen LogP contribution in [-0.2, 0) is 9.53 Å². The summed E-state index contributed by atoms with van der Waals surface area (Å²) in [6.45, 7) is 1.91. The Balaban J connectivity index is 1.84. The monoisotopic (exact) mass is 318 g/mol. The molecule has 5 rings (SSSR count). The van der Waals surface area contributed by atoms with Crippen LogP contribution in [0.1, 0.15) is 32.6 Å². The minimum Gasteiger partial charge on any atom is -0.449 e. The predicted molar refractivity (Wildman–Crippen MR) is 65.5 cm³/mol. The fraction of sp³-hybridized carbons (Fsp3) is 0.750. The first-order valence-corrected chi connectivity index (χ1v) is 6.97. The number of hydrogen-bond donors (Lipinski definition) is 0. The van der Waals surface area contributed by atoms with Crippen molar-refractivity contribution in [2.24, 2.45) is 17.8 Å². The van der Waals surface area contributed by atoms with Crippen LogP contribution in [0.3, 0.4) is 0 Å². The van der Waals surface area contributed by atoms with Gasteiger partial charge < -0.3 is 4.74 Å². The zero-order valence-electron chi connectivity index (χ0n) is 8.83. The molecule has 0 amide bonds. The average Bonchev–Trinajstić information content (AvgIpc) is 2.15. The lowest BCUT2D eigenvalue weighted by atomic mass is 9.51. The molecule has 4 bridgehead atoms. The fourth-order valence-electron chi connectivity index (χ4n) is 3.60. The number of ether oxygens (including phenoxy) is 1. The van der Waals surface area contributed by atoms with Gasteiger partial charge in [-0.3, -0.25) is 0 Å². The first-order valence-electron chi connectivity index (χ1n) is 5.73. The molecule has 2 nitrogen and oxygen atoms in total. The van der Waals surface area contributed by atoms with E-state index in [1.807, 2.05) is 6.92 Å². The molecular formula is C12H15IO2. The number of esters is 1. The van der Waals surface area contributed by atoms with Crippen molar-refractivity contribution >= 4 is 28.6 Å². The van der Waals surface area contributed by atoms with Crippen LogP contribution in [-0.4, -0.2) is 10.1 Å². The number of alkyl halides is 1. The van der Waals surface area contributed by atoms with Gasteiger partial charge in [0.25, 0.3) is 0 Å². The number of fused-ring (bicyclic) bond motifs is 1. The smallest absolute Gasteiger partial charge is 0.335 e. The van der Waals surface area contributed by atoms with E-state index in [0.29, 0.717) is 0 Å². The van der Waals surface area contributed by atoms with Gasteiger partial charge in [0.1, 0.15) is 4.11 Å². The van der Waals surface area contributed by atoms with E-state index in [1.54, 1.807) is 0 Å². The average molecular weight is 318 g/mol. The van der Waals surface area contributed by atoms with Crippen LogP contribution in [0, 0.1) is 17.8 Å². The number of halogens is 1. The second kappa shape index (κ2) is 3.47. The van der Waals surface area contributed by atoms with E-state index < -0.39 is 0 Å². The van der Waals surface area contributed by atoms with E-state index in [-0.39, 0.29) is 10.1 Å². The minimum absolute atomic E-state index is 0.0139. The SMILES string of the molecule is C[C@@H](I)OC(=O)C1=C2C3CC(C1)CC2C3. The fourth-order valence-corrected chi connectivity index (χ4v) is 3.83. The molecule has 0 aromatic heterocycles. The molecule has 0 N–H and O–H groups in total. The molecule has 3 heteroatoms. The van der Waals surface area contributed by atoms with Gasteiger partial charge in [0.05, 0.1) is 0 Å². The third-order valence-electron chi connectivity index (χ3n) is 4.04. The first kappa shape index (κ1) is 10.1. The molecule has 0 aromatic carbocycles. The second-order valence-corrected chi connectivity index (χ2v) is 6.81. The quantitative estimate of drug-likeness (QED) is 0.444. The zero-order valence-corrected chi connectivity index (χ0v) is 11.0. The summed E-state index contributed by atoms with van der Waals surface area (Å²) in [5.41, 5.74) is 2.52. The van der Waals surface area contributed by atoms with Gasteiger partial charge in [-0.05, 0) is 73.0 Å². The van der Waals surface area contributed by atoms with Crippen LogP contribution in [0.25, 0.3) is 0 Å². The molecule has 0 radical (unpaired) electrons. The van der Waals surface area contributed by atoms with Crippen molar-refractivity contribution in [2.75, 3.05) is 0 Å². The highest BCUT2D eigenvalue weighted by atomic mass is 127. The second-order valence-electron chi connectivity index (χ2n) is 5.05. The van der Waals surface area contributed by atoms with E-state index >= 15 is 0 Å². The summed E-state index contributed by atoms with van der Waals surface area (Å²) < 4.78 is 5.29. The summed E-state index contributed by atoms with van der Waals surface area (Å²) in [7, 11) is 0. The highest BCUT2D eigenvalue weighted by Crippen LogP contribution is 2.59. The van der Waals surface area contributed by atoms with Crippen molar-refractivity contribution in [2.45, 2.75) is 36.7 Å².